The van der Waals surface area contributed by atoms with E-state index in [-0.39, 0.29) is 0 Å². The Morgan fingerprint density at radius 2 is 2.24 bits per heavy atom. The van der Waals surface area contributed by atoms with Crippen molar-refractivity contribution in [2.45, 2.75) is 25.0 Å². The molecule has 0 aromatic heterocycles. The van der Waals surface area contributed by atoms with Crippen molar-refractivity contribution in [1.82, 2.24) is 5.32 Å². The largest absolute Gasteiger partial charge is 0.492 e. The zero-order valence-corrected chi connectivity index (χ0v) is 11.6. The minimum atomic E-state index is 0.457. The Morgan fingerprint density at radius 1 is 1.41 bits per heavy atom. The lowest BCUT2D eigenvalue weighted by Gasteiger charge is -2.34. The predicted octanol–water partition coefficient (Wildman–Crippen LogP) is 2.59. The lowest BCUT2D eigenvalue weighted by molar-refractivity contribution is 0.0167. The molecule has 3 nitrogen and oxygen atoms in total. The number of nitrogens with one attached hydrogen (secondary N) is 1. The number of halogens is 1. The van der Waals surface area contributed by atoms with Gasteiger partial charge in [-0.3, -0.25) is 0 Å². The third-order valence-corrected chi connectivity index (χ3v) is 3.52. The highest BCUT2D eigenvalue weighted by Gasteiger charge is 2.27. The van der Waals surface area contributed by atoms with E-state index in [0.717, 1.165) is 29.6 Å². The third-order valence-electron chi connectivity index (χ3n) is 3.03. The molecule has 0 amide bonds. The highest BCUT2D eigenvalue weighted by atomic mass is 79.9. The first-order valence-electron chi connectivity index (χ1n) is 5.92. The Kier molecular flexibility index (Phi) is 4.83. The van der Waals surface area contributed by atoms with Crippen LogP contribution in [0.2, 0.25) is 0 Å². The van der Waals surface area contributed by atoms with Crippen molar-refractivity contribution in [2.75, 3.05) is 20.3 Å². The predicted molar refractivity (Wildman–Crippen MR) is 71.5 cm³/mol. The second-order valence-corrected chi connectivity index (χ2v) is 5.20. The van der Waals surface area contributed by atoms with Gasteiger partial charge >= 0.3 is 0 Å². The molecule has 17 heavy (non-hydrogen) atoms. The molecule has 0 aliphatic heterocycles. The van der Waals surface area contributed by atoms with E-state index in [9.17, 15) is 0 Å². The van der Waals surface area contributed by atoms with E-state index in [1.54, 1.807) is 7.11 Å². The van der Waals surface area contributed by atoms with Crippen molar-refractivity contribution in [2.24, 2.45) is 0 Å². The Bertz CT molecular complexity index is 353. The van der Waals surface area contributed by atoms with Crippen LogP contribution in [0.25, 0.3) is 0 Å². The van der Waals surface area contributed by atoms with Crippen LogP contribution < -0.4 is 10.1 Å². The molecule has 0 unspecified atom stereocenters. The first kappa shape index (κ1) is 12.9. The summed E-state index contributed by atoms with van der Waals surface area (Å²) in [5.41, 5.74) is 0. The number of ether oxygens (including phenoxy) is 2. The van der Waals surface area contributed by atoms with Gasteiger partial charge < -0.3 is 14.8 Å². The molecule has 0 radical (unpaired) electrons. The van der Waals surface area contributed by atoms with Gasteiger partial charge in [0.15, 0.2) is 0 Å². The highest BCUT2D eigenvalue weighted by molar-refractivity contribution is 9.10. The lowest BCUT2D eigenvalue weighted by atomic mass is 9.89. The SMILES string of the molecule is COC1CC(NCCOc2cccc(Br)c2)C1. The fraction of sp³-hybridized carbons (Fsp3) is 0.538. The van der Waals surface area contributed by atoms with Gasteiger partial charge in [-0.25, -0.2) is 0 Å². The number of rotatable bonds is 6. The molecule has 0 bridgehead atoms. The average molecular weight is 300 g/mol. The standard InChI is InChI=1S/C13H18BrNO2/c1-16-13-8-11(9-13)15-5-6-17-12-4-2-3-10(14)7-12/h2-4,7,11,13,15H,5-6,8-9H2,1H3. The van der Waals surface area contributed by atoms with Crippen LogP contribution in [-0.4, -0.2) is 32.4 Å². The van der Waals surface area contributed by atoms with E-state index < -0.39 is 0 Å². The summed E-state index contributed by atoms with van der Waals surface area (Å²) in [5.74, 6) is 0.907. The molecule has 1 saturated carbocycles. The summed E-state index contributed by atoms with van der Waals surface area (Å²) < 4.78 is 11.9. The van der Waals surface area contributed by atoms with Crippen LogP contribution in [-0.2, 0) is 4.74 Å². The first-order valence-corrected chi connectivity index (χ1v) is 6.72. The zero-order chi connectivity index (χ0) is 12.1. The minimum absolute atomic E-state index is 0.457. The van der Waals surface area contributed by atoms with Crippen LogP contribution in [0.4, 0.5) is 0 Å². The van der Waals surface area contributed by atoms with Crippen molar-refractivity contribution in [3.05, 3.63) is 28.7 Å². The van der Waals surface area contributed by atoms with E-state index in [0.29, 0.717) is 18.8 Å². The maximum absolute atomic E-state index is 5.64. The maximum atomic E-state index is 5.64. The molecule has 1 aliphatic rings. The maximum Gasteiger partial charge on any atom is 0.120 e. The van der Waals surface area contributed by atoms with Crippen LogP contribution in [0.5, 0.6) is 5.75 Å². The number of methoxy groups -OCH3 is 1. The number of hydrogen-bond donors (Lipinski definition) is 1. The second-order valence-electron chi connectivity index (χ2n) is 4.29. The summed E-state index contributed by atoms with van der Waals surface area (Å²) in [4.78, 5) is 0. The molecule has 1 N–H and O–H groups in total. The molecule has 1 aliphatic carbocycles. The normalized spacial score (nSPS) is 23.2. The van der Waals surface area contributed by atoms with Gasteiger partial charge in [0.2, 0.25) is 0 Å². The fourth-order valence-electron chi connectivity index (χ4n) is 1.91. The van der Waals surface area contributed by atoms with E-state index in [4.69, 9.17) is 9.47 Å². The summed E-state index contributed by atoms with van der Waals surface area (Å²) in [7, 11) is 1.78. The van der Waals surface area contributed by atoms with Crippen LogP contribution in [0.3, 0.4) is 0 Å². The molecular weight excluding hydrogens is 282 g/mol. The first-order chi connectivity index (χ1) is 8.28. The second kappa shape index (κ2) is 6.38. The molecule has 0 atom stereocenters. The van der Waals surface area contributed by atoms with Crippen molar-refractivity contribution < 1.29 is 9.47 Å². The van der Waals surface area contributed by atoms with E-state index >= 15 is 0 Å². The molecule has 94 valence electrons. The highest BCUT2D eigenvalue weighted by Crippen LogP contribution is 2.22. The Hall–Kier alpha value is -0.580. The molecular formula is C13H18BrNO2. The summed E-state index contributed by atoms with van der Waals surface area (Å²) in [6, 6.07) is 8.51. The molecule has 1 fully saturated rings. The van der Waals surface area contributed by atoms with Gasteiger partial charge in [0.1, 0.15) is 12.4 Å². The van der Waals surface area contributed by atoms with Crippen LogP contribution >= 0.6 is 15.9 Å². The fourth-order valence-corrected chi connectivity index (χ4v) is 2.29. The van der Waals surface area contributed by atoms with Crippen molar-refractivity contribution in [3.63, 3.8) is 0 Å². The Labute approximate surface area is 111 Å². The molecule has 1 aromatic rings. The molecule has 2 rings (SSSR count). The third kappa shape index (κ3) is 3.98. The van der Waals surface area contributed by atoms with Crippen LogP contribution in [0.15, 0.2) is 28.7 Å². The van der Waals surface area contributed by atoms with Gasteiger partial charge in [-0.15, -0.1) is 0 Å². The van der Waals surface area contributed by atoms with Gasteiger partial charge in [-0.1, -0.05) is 22.0 Å². The molecule has 0 heterocycles. The van der Waals surface area contributed by atoms with Gasteiger partial charge in [-0.2, -0.15) is 0 Å². The lowest BCUT2D eigenvalue weighted by Crippen LogP contribution is -2.46. The monoisotopic (exact) mass is 299 g/mol. The minimum Gasteiger partial charge on any atom is -0.492 e. The Morgan fingerprint density at radius 3 is 2.94 bits per heavy atom. The average Bonchev–Trinajstić information content (AvgIpc) is 2.26. The zero-order valence-electron chi connectivity index (χ0n) is 9.99. The molecule has 1 aromatic carbocycles. The van der Waals surface area contributed by atoms with Gasteiger partial charge in [-0.05, 0) is 31.0 Å². The Balaban J connectivity index is 1.58. The smallest absolute Gasteiger partial charge is 0.120 e. The molecule has 4 heteroatoms. The van der Waals surface area contributed by atoms with E-state index in [2.05, 4.69) is 21.2 Å². The quantitative estimate of drug-likeness (QED) is 0.819. The number of benzene rings is 1. The van der Waals surface area contributed by atoms with Crippen molar-refractivity contribution in [1.29, 1.82) is 0 Å². The van der Waals surface area contributed by atoms with Crippen molar-refractivity contribution >= 4 is 15.9 Å². The van der Waals surface area contributed by atoms with Gasteiger partial charge in [0.25, 0.3) is 0 Å². The molecule has 0 spiro atoms. The van der Waals surface area contributed by atoms with E-state index in [1.165, 1.54) is 0 Å². The summed E-state index contributed by atoms with van der Waals surface area (Å²) in [6.45, 7) is 1.58. The van der Waals surface area contributed by atoms with Crippen LogP contribution in [0.1, 0.15) is 12.8 Å². The summed E-state index contributed by atoms with van der Waals surface area (Å²) >= 11 is 3.42. The van der Waals surface area contributed by atoms with Gasteiger partial charge in [0.05, 0.1) is 6.10 Å². The molecule has 0 saturated heterocycles. The van der Waals surface area contributed by atoms with E-state index in [1.807, 2.05) is 24.3 Å². The summed E-state index contributed by atoms with van der Waals surface area (Å²) in [5, 5.41) is 3.45. The van der Waals surface area contributed by atoms with Crippen molar-refractivity contribution in [3.8, 4) is 5.75 Å². The van der Waals surface area contributed by atoms with Crippen LogP contribution in [0, 0.1) is 0 Å². The topological polar surface area (TPSA) is 30.5 Å². The number of hydrogen-bond acceptors (Lipinski definition) is 3. The summed E-state index contributed by atoms with van der Waals surface area (Å²) in [6.07, 6.45) is 2.69. The van der Waals surface area contributed by atoms with Gasteiger partial charge in [0, 0.05) is 24.2 Å².